The SMILES string of the molecule is CC(C)Oc1ccc(-c2nc(-c3ccc(CNCC(=O)O)cc3Cl)no2)cc1C#N.Cl. The monoisotopic (exact) mass is 462 g/mol. The quantitative estimate of drug-likeness (QED) is 0.507. The first-order valence-corrected chi connectivity index (χ1v) is 9.51. The lowest BCUT2D eigenvalue weighted by Crippen LogP contribution is -2.21. The lowest BCUT2D eigenvalue weighted by Gasteiger charge is -2.11. The molecular weight excluding hydrogens is 443 g/mol. The highest BCUT2D eigenvalue weighted by atomic mass is 35.5. The van der Waals surface area contributed by atoms with E-state index in [4.69, 9.17) is 26.0 Å². The number of carboxylic acids is 1. The average molecular weight is 463 g/mol. The van der Waals surface area contributed by atoms with E-state index in [1.54, 1.807) is 36.4 Å². The van der Waals surface area contributed by atoms with Crippen molar-refractivity contribution in [3.05, 3.63) is 52.5 Å². The Hall–Kier alpha value is -3.12. The van der Waals surface area contributed by atoms with E-state index in [0.29, 0.717) is 39.8 Å². The van der Waals surface area contributed by atoms with Crippen molar-refractivity contribution in [3.63, 3.8) is 0 Å². The molecular formula is C21H20Cl2N4O4. The molecule has 0 saturated heterocycles. The summed E-state index contributed by atoms with van der Waals surface area (Å²) in [5, 5.41) is 25.3. The largest absolute Gasteiger partial charge is 0.490 e. The van der Waals surface area contributed by atoms with Crippen LogP contribution < -0.4 is 10.1 Å². The minimum absolute atomic E-state index is 0. The van der Waals surface area contributed by atoms with Crippen molar-refractivity contribution in [2.24, 2.45) is 0 Å². The maximum atomic E-state index is 10.6. The normalized spacial score (nSPS) is 10.4. The van der Waals surface area contributed by atoms with Gasteiger partial charge in [-0.15, -0.1) is 12.4 Å². The molecule has 162 valence electrons. The fourth-order valence-electron chi connectivity index (χ4n) is 2.72. The maximum Gasteiger partial charge on any atom is 0.317 e. The highest BCUT2D eigenvalue weighted by molar-refractivity contribution is 6.33. The summed E-state index contributed by atoms with van der Waals surface area (Å²) < 4.78 is 11.0. The minimum Gasteiger partial charge on any atom is -0.490 e. The molecule has 0 fully saturated rings. The molecule has 0 saturated carbocycles. The summed E-state index contributed by atoms with van der Waals surface area (Å²) in [4.78, 5) is 15.0. The van der Waals surface area contributed by atoms with Crippen LogP contribution in [0.4, 0.5) is 0 Å². The van der Waals surface area contributed by atoms with E-state index in [1.807, 2.05) is 13.8 Å². The van der Waals surface area contributed by atoms with Gasteiger partial charge in [-0.05, 0) is 49.7 Å². The molecule has 0 radical (unpaired) electrons. The molecule has 31 heavy (non-hydrogen) atoms. The first-order valence-electron chi connectivity index (χ1n) is 9.13. The van der Waals surface area contributed by atoms with Crippen LogP contribution in [0.1, 0.15) is 25.0 Å². The predicted octanol–water partition coefficient (Wildman–Crippen LogP) is 4.31. The van der Waals surface area contributed by atoms with Gasteiger partial charge in [-0.25, -0.2) is 0 Å². The minimum atomic E-state index is -0.930. The molecule has 3 rings (SSSR count). The van der Waals surface area contributed by atoms with Crippen molar-refractivity contribution in [1.82, 2.24) is 15.5 Å². The number of benzene rings is 2. The Kier molecular flexibility index (Phi) is 8.39. The van der Waals surface area contributed by atoms with Gasteiger partial charge in [-0.1, -0.05) is 22.8 Å². The van der Waals surface area contributed by atoms with E-state index in [-0.39, 0.29) is 30.9 Å². The Balaban J connectivity index is 0.00000341. The van der Waals surface area contributed by atoms with Gasteiger partial charge < -0.3 is 19.7 Å². The van der Waals surface area contributed by atoms with Crippen LogP contribution in [0.2, 0.25) is 5.02 Å². The third-order valence-corrected chi connectivity index (χ3v) is 4.33. The molecule has 0 unspecified atom stereocenters. The van der Waals surface area contributed by atoms with Crippen LogP contribution in [0.3, 0.4) is 0 Å². The van der Waals surface area contributed by atoms with Gasteiger partial charge in [0.1, 0.15) is 11.8 Å². The van der Waals surface area contributed by atoms with Gasteiger partial charge >= 0.3 is 5.97 Å². The number of aromatic nitrogens is 2. The highest BCUT2D eigenvalue weighted by Gasteiger charge is 2.16. The molecule has 3 aromatic rings. The third kappa shape index (κ3) is 6.18. The number of hydrogen-bond donors (Lipinski definition) is 2. The van der Waals surface area contributed by atoms with Crippen LogP contribution in [0.15, 0.2) is 40.9 Å². The second kappa shape index (κ2) is 10.8. The molecule has 0 bridgehead atoms. The van der Waals surface area contributed by atoms with E-state index in [2.05, 4.69) is 21.5 Å². The molecule has 0 spiro atoms. The molecule has 0 aliphatic carbocycles. The second-order valence-corrected chi connectivity index (χ2v) is 7.13. The fourth-order valence-corrected chi connectivity index (χ4v) is 3.01. The highest BCUT2D eigenvalue weighted by Crippen LogP contribution is 2.30. The summed E-state index contributed by atoms with van der Waals surface area (Å²) in [5.41, 5.74) is 2.37. The molecule has 1 heterocycles. The summed E-state index contributed by atoms with van der Waals surface area (Å²) in [6.07, 6.45) is -0.0533. The van der Waals surface area contributed by atoms with Crippen molar-refractivity contribution in [2.45, 2.75) is 26.5 Å². The van der Waals surface area contributed by atoms with Gasteiger partial charge in [0, 0.05) is 17.7 Å². The predicted molar refractivity (Wildman–Crippen MR) is 117 cm³/mol. The first kappa shape index (κ1) is 24.2. The standard InChI is InChI=1S/C21H19ClN4O4.ClH/c1-12(2)29-18-6-4-14(8-15(18)9-23)21-25-20(26-30-21)16-5-3-13(7-17(16)22)10-24-11-19(27)28;/h3-8,12,24H,10-11H2,1-2H3,(H,27,28);1H. The van der Waals surface area contributed by atoms with Gasteiger partial charge in [0.2, 0.25) is 5.82 Å². The number of nitriles is 1. The van der Waals surface area contributed by atoms with Crippen LogP contribution in [0, 0.1) is 11.3 Å². The van der Waals surface area contributed by atoms with Crippen molar-refractivity contribution >= 4 is 30.0 Å². The first-order chi connectivity index (χ1) is 14.4. The number of ether oxygens (including phenoxy) is 1. The number of carbonyl (C=O) groups is 1. The molecule has 2 N–H and O–H groups in total. The van der Waals surface area contributed by atoms with E-state index in [1.165, 1.54) is 0 Å². The Labute approximate surface area is 190 Å². The Bertz CT molecular complexity index is 1110. The smallest absolute Gasteiger partial charge is 0.317 e. The lowest BCUT2D eigenvalue weighted by molar-refractivity contribution is -0.136. The second-order valence-electron chi connectivity index (χ2n) is 6.72. The number of nitrogens with zero attached hydrogens (tertiary/aromatic N) is 3. The summed E-state index contributed by atoms with van der Waals surface area (Å²) in [6.45, 7) is 4.00. The van der Waals surface area contributed by atoms with Gasteiger partial charge in [0.05, 0.1) is 23.2 Å². The maximum absolute atomic E-state index is 10.6. The van der Waals surface area contributed by atoms with Crippen molar-refractivity contribution < 1.29 is 19.2 Å². The van der Waals surface area contributed by atoms with Crippen molar-refractivity contribution in [3.8, 4) is 34.7 Å². The summed E-state index contributed by atoms with van der Waals surface area (Å²) >= 11 is 6.35. The number of rotatable bonds is 8. The molecule has 10 heteroatoms. The van der Waals surface area contributed by atoms with E-state index in [0.717, 1.165) is 5.56 Å². The van der Waals surface area contributed by atoms with Crippen molar-refractivity contribution in [1.29, 1.82) is 5.26 Å². The number of carboxylic acid groups (broad SMARTS) is 1. The van der Waals surface area contributed by atoms with Gasteiger partial charge in [0.25, 0.3) is 5.89 Å². The van der Waals surface area contributed by atoms with Gasteiger partial charge in [-0.3, -0.25) is 4.79 Å². The molecule has 0 aliphatic heterocycles. The molecule has 0 amide bonds. The van der Waals surface area contributed by atoms with Crippen molar-refractivity contribution in [2.75, 3.05) is 6.54 Å². The number of halogens is 2. The van der Waals surface area contributed by atoms with Gasteiger partial charge in [0.15, 0.2) is 0 Å². The molecule has 0 atom stereocenters. The lowest BCUT2D eigenvalue weighted by atomic mass is 10.1. The molecule has 2 aromatic carbocycles. The Morgan fingerprint density at radius 1 is 1.32 bits per heavy atom. The fraction of sp³-hybridized carbons (Fsp3) is 0.238. The average Bonchev–Trinajstić information content (AvgIpc) is 3.17. The third-order valence-electron chi connectivity index (χ3n) is 4.02. The van der Waals surface area contributed by atoms with E-state index in [9.17, 15) is 10.1 Å². The van der Waals surface area contributed by atoms with Crippen LogP contribution in [0.5, 0.6) is 5.75 Å². The van der Waals surface area contributed by atoms with Crippen LogP contribution in [-0.4, -0.2) is 33.9 Å². The number of nitrogens with one attached hydrogen (secondary N) is 1. The molecule has 0 aliphatic rings. The summed E-state index contributed by atoms with van der Waals surface area (Å²) in [5.74, 6) is 0.119. The zero-order valence-corrected chi connectivity index (χ0v) is 18.3. The molecule has 8 nitrogen and oxygen atoms in total. The van der Waals surface area contributed by atoms with Crippen LogP contribution in [0.25, 0.3) is 22.8 Å². The Morgan fingerprint density at radius 2 is 2.10 bits per heavy atom. The number of aliphatic carboxylic acids is 1. The van der Waals surface area contributed by atoms with E-state index < -0.39 is 5.97 Å². The van der Waals surface area contributed by atoms with Gasteiger partial charge in [-0.2, -0.15) is 10.2 Å². The van der Waals surface area contributed by atoms with E-state index >= 15 is 0 Å². The summed E-state index contributed by atoms with van der Waals surface area (Å²) in [6, 6.07) is 12.4. The number of hydrogen-bond acceptors (Lipinski definition) is 7. The molecule has 1 aromatic heterocycles. The zero-order valence-electron chi connectivity index (χ0n) is 16.8. The summed E-state index contributed by atoms with van der Waals surface area (Å²) in [7, 11) is 0. The topological polar surface area (TPSA) is 121 Å². The Morgan fingerprint density at radius 3 is 2.74 bits per heavy atom. The van der Waals surface area contributed by atoms with Crippen LogP contribution >= 0.6 is 24.0 Å². The van der Waals surface area contributed by atoms with Crippen LogP contribution in [-0.2, 0) is 11.3 Å². The zero-order chi connectivity index (χ0) is 21.7.